The van der Waals surface area contributed by atoms with Gasteiger partial charge in [0.05, 0.1) is 24.8 Å². The fourth-order valence-electron chi connectivity index (χ4n) is 2.38. The molecule has 0 heterocycles. The number of aliphatic hydroxyl groups excluding tert-OH is 1. The molecule has 1 unspecified atom stereocenters. The molecule has 0 saturated heterocycles. The molecule has 26 heavy (non-hydrogen) atoms. The largest absolute Gasteiger partial charge is 0.494 e. The number of carboxylic acid groups (broad SMARTS) is 1. The molecule has 2 aromatic rings. The summed E-state index contributed by atoms with van der Waals surface area (Å²) in [6.07, 6.45) is 0. The van der Waals surface area contributed by atoms with Gasteiger partial charge in [-0.3, -0.25) is 0 Å². The highest BCUT2D eigenvalue weighted by atomic mass is 16.5. The Balaban J connectivity index is 2.37. The molecule has 0 amide bonds. The number of nitrogens with one attached hydrogen (secondary N) is 1. The summed E-state index contributed by atoms with van der Waals surface area (Å²) >= 11 is 0. The van der Waals surface area contributed by atoms with Gasteiger partial charge in [-0.05, 0) is 49.4 Å². The Morgan fingerprint density at radius 1 is 1.23 bits per heavy atom. The van der Waals surface area contributed by atoms with Crippen LogP contribution in [0.15, 0.2) is 42.5 Å². The summed E-state index contributed by atoms with van der Waals surface area (Å²) in [4.78, 5) is 11.9. The molecule has 7 nitrogen and oxygen atoms in total. The first kappa shape index (κ1) is 19.1. The van der Waals surface area contributed by atoms with E-state index in [2.05, 4.69) is 5.32 Å². The Morgan fingerprint density at radius 3 is 2.54 bits per heavy atom. The van der Waals surface area contributed by atoms with Gasteiger partial charge in [-0.2, -0.15) is 5.26 Å². The topological polar surface area (TPSA) is 112 Å². The standard InChI is InChI=1S/C19H20N2O5/c1-2-25-15-7-8-17(26-10-9-22)16(11-15)18(19(23)24)21-14-5-3-13(12-20)4-6-14/h3-8,11,18,21-22H,2,9-10H2,1H3,(H,23,24). The van der Waals surface area contributed by atoms with Gasteiger partial charge in [0.15, 0.2) is 6.04 Å². The fraction of sp³-hybridized carbons (Fsp3) is 0.263. The number of hydrogen-bond acceptors (Lipinski definition) is 6. The molecular weight excluding hydrogens is 336 g/mol. The second-order valence-electron chi connectivity index (χ2n) is 5.31. The molecule has 0 fully saturated rings. The molecule has 7 heteroatoms. The number of benzene rings is 2. The van der Waals surface area contributed by atoms with Gasteiger partial charge in [0.2, 0.25) is 0 Å². The molecule has 0 radical (unpaired) electrons. The summed E-state index contributed by atoms with van der Waals surface area (Å²) in [7, 11) is 0. The maximum Gasteiger partial charge on any atom is 0.330 e. The highest BCUT2D eigenvalue weighted by Gasteiger charge is 2.24. The zero-order valence-electron chi connectivity index (χ0n) is 14.3. The van der Waals surface area contributed by atoms with E-state index < -0.39 is 12.0 Å². The van der Waals surface area contributed by atoms with Crippen LogP contribution in [0.4, 0.5) is 5.69 Å². The van der Waals surface area contributed by atoms with Gasteiger partial charge in [0.25, 0.3) is 0 Å². The van der Waals surface area contributed by atoms with Crippen LogP contribution in [0.5, 0.6) is 11.5 Å². The molecule has 0 saturated carbocycles. The number of ether oxygens (including phenoxy) is 2. The number of aliphatic hydroxyl groups is 1. The smallest absolute Gasteiger partial charge is 0.330 e. The lowest BCUT2D eigenvalue weighted by Gasteiger charge is -2.20. The maximum absolute atomic E-state index is 11.9. The zero-order chi connectivity index (χ0) is 18.9. The van der Waals surface area contributed by atoms with Crippen LogP contribution in [0.3, 0.4) is 0 Å². The van der Waals surface area contributed by atoms with E-state index in [9.17, 15) is 9.90 Å². The average molecular weight is 356 g/mol. The van der Waals surface area contributed by atoms with Gasteiger partial charge in [-0.25, -0.2) is 4.79 Å². The summed E-state index contributed by atoms with van der Waals surface area (Å²) in [6, 6.07) is 12.3. The van der Waals surface area contributed by atoms with E-state index in [1.54, 1.807) is 42.5 Å². The van der Waals surface area contributed by atoms with E-state index in [4.69, 9.17) is 19.8 Å². The van der Waals surface area contributed by atoms with Crippen LogP contribution in [0.2, 0.25) is 0 Å². The SMILES string of the molecule is CCOc1ccc(OCCO)c(C(Nc2ccc(C#N)cc2)C(=O)O)c1. The minimum absolute atomic E-state index is 0.0458. The van der Waals surface area contributed by atoms with Crippen LogP contribution < -0.4 is 14.8 Å². The number of anilines is 1. The molecule has 0 aromatic heterocycles. The number of aliphatic carboxylic acids is 1. The first-order chi connectivity index (χ1) is 12.6. The second kappa shape index (κ2) is 9.30. The van der Waals surface area contributed by atoms with Crippen molar-refractivity contribution < 1.29 is 24.5 Å². The van der Waals surface area contributed by atoms with Crippen LogP contribution in [-0.2, 0) is 4.79 Å². The Hall–Kier alpha value is -3.24. The molecule has 0 aliphatic rings. The predicted molar refractivity (Wildman–Crippen MR) is 95.3 cm³/mol. The van der Waals surface area contributed by atoms with Crippen LogP contribution in [0, 0.1) is 11.3 Å². The lowest BCUT2D eigenvalue weighted by atomic mass is 10.0. The molecule has 1 atom stereocenters. The third kappa shape index (κ3) is 4.88. The highest BCUT2D eigenvalue weighted by Crippen LogP contribution is 2.32. The number of nitrogens with zero attached hydrogens (tertiary/aromatic N) is 1. The predicted octanol–water partition coefficient (Wildman–Crippen LogP) is 2.57. The summed E-state index contributed by atoms with van der Waals surface area (Å²) in [5.74, 6) is -0.236. The number of hydrogen-bond donors (Lipinski definition) is 3. The van der Waals surface area contributed by atoms with Gasteiger partial charge < -0.3 is 25.0 Å². The van der Waals surface area contributed by atoms with Crippen LogP contribution in [-0.4, -0.2) is 36.0 Å². The molecule has 3 N–H and O–H groups in total. The normalized spacial score (nSPS) is 11.3. The monoisotopic (exact) mass is 356 g/mol. The summed E-state index contributed by atoms with van der Waals surface area (Å²) in [6.45, 7) is 2.13. The minimum Gasteiger partial charge on any atom is -0.494 e. The van der Waals surface area contributed by atoms with E-state index >= 15 is 0 Å². The van der Waals surface area contributed by atoms with Crippen LogP contribution in [0.25, 0.3) is 0 Å². The molecular formula is C19H20N2O5. The maximum atomic E-state index is 11.9. The molecule has 136 valence electrons. The molecule has 0 spiro atoms. The van der Waals surface area contributed by atoms with Crippen molar-refractivity contribution in [1.82, 2.24) is 0 Å². The van der Waals surface area contributed by atoms with Crippen molar-refractivity contribution >= 4 is 11.7 Å². The second-order valence-corrected chi connectivity index (χ2v) is 5.31. The van der Waals surface area contributed by atoms with Crippen molar-refractivity contribution in [3.63, 3.8) is 0 Å². The number of carbonyl (C=O) groups is 1. The fourth-order valence-corrected chi connectivity index (χ4v) is 2.38. The Morgan fingerprint density at radius 2 is 1.96 bits per heavy atom. The summed E-state index contributed by atoms with van der Waals surface area (Å²) in [5.41, 5.74) is 1.40. The Labute approximate surface area is 151 Å². The molecule has 0 aliphatic heterocycles. The van der Waals surface area contributed by atoms with E-state index in [1.165, 1.54) is 0 Å². The molecule has 0 bridgehead atoms. The lowest BCUT2D eigenvalue weighted by molar-refractivity contribution is -0.138. The van der Waals surface area contributed by atoms with Crippen molar-refractivity contribution in [3.05, 3.63) is 53.6 Å². The van der Waals surface area contributed by atoms with Gasteiger partial charge in [0.1, 0.15) is 18.1 Å². The summed E-state index contributed by atoms with van der Waals surface area (Å²) in [5, 5.41) is 30.5. The van der Waals surface area contributed by atoms with Gasteiger partial charge in [-0.1, -0.05) is 0 Å². The van der Waals surface area contributed by atoms with Crippen LogP contribution >= 0.6 is 0 Å². The quantitative estimate of drug-likeness (QED) is 0.633. The van der Waals surface area contributed by atoms with E-state index in [-0.39, 0.29) is 13.2 Å². The van der Waals surface area contributed by atoms with Crippen LogP contribution in [0.1, 0.15) is 24.1 Å². The van der Waals surface area contributed by atoms with Gasteiger partial charge in [-0.15, -0.1) is 0 Å². The van der Waals surface area contributed by atoms with Crippen molar-refractivity contribution in [3.8, 4) is 17.6 Å². The highest BCUT2D eigenvalue weighted by molar-refractivity contribution is 5.80. The molecule has 2 aromatic carbocycles. The average Bonchev–Trinajstić information content (AvgIpc) is 2.65. The summed E-state index contributed by atoms with van der Waals surface area (Å²) < 4.78 is 10.9. The van der Waals surface area contributed by atoms with Crippen molar-refractivity contribution in [2.24, 2.45) is 0 Å². The van der Waals surface area contributed by atoms with Crippen molar-refractivity contribution in [2.75, 3.05) is 25.1 Å². The van der Waals surface area contributed by atoms with E-state index in [0.717, 1.165) is 0 Å². The number of carboxylic acids is 1. The zero-order valence-corrected chi connectivity index (χ0v) is 14.3. The Kier molecular flexibility index (Phi) is 6.83. The molecule has 0 aliphatic carbocycles. The third-order valence-electron chi connectivity index (χ3n) is 3.52. The minimum atomic E-state index is -1.10. The third-order valence-corrected chi connectivity index (χ3v) is 3.52. The lowest BCUT2D eigenvalue weighted by Crippen LogP contribution is -2.22. The van der Waals surface area contributed by atoms with Gasteiger partial charge >= 0.3 is 5.97 Å². The van der Waals surface area contributed by atoms with E-state index in [0.29, 0.717) is 34.9 Å². The number of rotatable bonds is 9. The van der Waals surface area contributed by atoms with E-state index in [1.807, 2.05) is 13.0 Å². The number of nitriles is 1. The first-order valence-electron chi connectivity index (χ1n) is 8.09. The van der Waals surface area contributed by atoms with Crippen molar-refractivity contribution in [1.29, 1.82) is 5.26 Å². The Bertz CT molecular complexity index is 784. The first-order valence-corrected chi connectivity index (χ1v) is 8.09. The van der Waals surface area contributed by atoms with Crippen molar-refractivity contribution in [2.45, 2.75) is 13.0 Å². The van der Waals surface area contributed by atoms with Gasteiger partial charge in [0, 0.05) is 11.3 Å². The molecule has 2 rings (SSSR count).